The van der Waals surface area contributed by atoms with Crippen molar-refractivity contribution < 1.29 is 18.0 Å². The maximum Gasteiger partial charge on any atom is 0.487 e. The molecule has 0 aromatic carbocycles. The zero-order valence-electron chi connectivity index (χ0n) is 4.81. The van der Waals surface area contributed by atoms with Gasteiger partial charge in [0.1, 0.15) is 0 Å². The molecule has 1 heterocycles. The lowest BCUT2D eigenvalue weighted by Gasteiger charge is -2.17. The van der Waals surface area contributed by atoms with Gasteiger partial charge in [0.2, 0.25) is 5.91 Å². The first kappa shape index (κ1) is 7.71. The smallest absolute Gasteiger partial charge is 0.274 e. The van der Waals surface area contributed by atoms with Crippen LogP contribution in [0.3, 0.4) is 0 Å². The molecule has 0 aromatic heterocycles. The SMILES string of the molecule is O=C1CSCN1C(F)(F)F. The first-order chi connectivity index (χ1) is 4.52. The van der Waals surface area contributed by atoms with Crippen LogP contribution in [0.25, 0.3) is 0 Å². The molecule has 1 fully saturated rings. The van der Waals surface area contributed by atoms with Gasteiger partial charge < -0.3 is 0 Å². The van der Waals surface area contributed by atoms with E-state index in [1.165, 1.54) is 0 Å². The molecule has 2 nitrogen and oxygen atoms in total. The minimum atomic E-state index is -4.49. The Morgan fingerprint density at radius 1 is 1.50 bits per heavy atom. The van der Waals surface area contributed by atoms with Gasteiger partial charge in [-0.3, -0.25) is 4.79 Å². The second kappa shape index (κ2) is 2.34. The van der Waals surface area contributed by atoms with E-state index >= 15 is 0 Å². The molecule has 1 amide bonds. The van der Waals surface area contributed by atoms with Crippen LogP contribution in [-0.2, 0) is 4.79 Å². The first-order valence-corrected chi connectivity index (χ1v) is 3.62. The summed E-state index contributed by atoms with van der Waals surface area (Å²) in [4.78, 5) is 10.3. The monoisotopic (exact) mass is 171 g/mol. The molecule has 0 saturated carbocycles. The van der Waals surface area contributed by atoms with Crippen molar-refractivity contribution in [3.05, 3.63) is 0 Å². The van der Waals surface area contributed by atoms with Crippen molar-refractivity contribution in [3.63, 3.8) is 0 Å². The predicted molar refractivity (Wildman–Crippen MR) is 30.2 cm³/mol. The van der Waals surface area contributed by atoms with E-state index in [0.717, 1.165) is 11.8 Å². The van der Waals surface area contributed by atoms with Crippen molar-refractivity contribution in [3.8, 4) is 0 Å². The Hall–Kier alpha value is -0.390. The Morgan fingerprint density at radius 3 is 2.30 bits per heavy atom. The number of halogens is 3. The summed E-state index contributed by atoms with van der Waals surface area (Å²) in [6.07, 6.45) is -4.49. The van der Waals surface area contributed by atoms with E-state index in [4.69, 9.17) is 0 Å². The van der Waals surface area contributed by atoms with E-state index in [1.54, 1.807) is 0 Å². The first-order valence-electron chi connectivity index (χ1n) is 2.47. The van der Waals surface area contributed by atoms with Gasteiger partial charge in [-0.2, -0.15) is 0 Å². The molecule has 6 heteroatoms. The number of rotatable bonds is 0. The van der Waals surface area contributed by atoms with Crippen LogP contribution >= 0.6 is 11.8 Å². The third kappa shape index (κ3) is 1.36. The number of nitrogens with zero attached hydrogens (tertiary/aromatic N) is 1. The number of amides is 1. The average Bonchev–Trinajstić information content (AvgIpc) is 2.11. The summed E-state index contributed by atoms with van der Waals surface area (Å²) >= 11 is 0.974. The van der Waals surface area contributed by atoms with Crippen LogP contribution < -0.4 is 0 Å². The van der Waals surface area contributed by atoms with Gasteiger partial charge in [-0.25, -0.2) is 4.90 Å². The van der Waals surface area contributed by atoms with Crippen molar-refractivity contribution >= 4 is 17.7 Å². The molecule has 1 rings (SSSR count). The third-order valence-corrected chi connectivity index (χ3v) is 1.94. The van der Waals surface area contributed by atoms with Crippen molar-refractivity contribution in [1.82, 2.24) is 4.90 Å². The standard InChI is InChI=1S/C4H4F3NOS/c5-4(6,7)8-2-10-1-3(8)9/h1-2H2. The summed E-state index contributed by atoms with van der Waals surface area (Å²) in [7, 11) is 0. The van der Waals surface area contributed by atoms with Gasteiger partial charge in [-0.1, -0.05) is 0 Å². The summed E-state index contributed by atoms with van der Waals surface area (Å²) in [6, 6.07) is 0. The zero-order valence-corrected chi connectivity index (χ0v) is 5.63. The van der Waals surface area contributed by atoms with E-state index in [9.17, 15) is 18.0 Å². The van der Waals surface area contributed by atoms with Crippen molar-refractivity contribution in [2.75, 3.05) is 11.6 Å². The maximum absolute atomic E-state index is 11.7. The molecule has 0 atom stereocenters. The molecule has 0 aliphatic carbocycles. The number of hydrogen-bond acceptors (Lipinski definition) is 2. The van der Waals surface area contributed by atoms with Crippen molar-refractivity contribution in [1.29, 1.82) is 0 Å². The molecule has 0 spiro atoms. The summed E-state index contributed by atoms with van der Waals surface area (Å²) < 4.78 is 35.1. The Labute approximate surface area is 59.4 Å². The van der Waals surface area contributed by atoms with E-state index in [2.05, 4.69) is 0 Å². The summed E-state index contributed by atoms with van der Waals surface area (Å²) in [5, 5.41) is 0. The van der Waals surface area contributed by atoms with E-state index in [1.807, 2.05) is 0 Å². The van der Waals surface area contributed by atoms with Crippen LogP contribution in [-0.4, -0.2) is 28.7 Å². The number of carbonyl (C=O) groups is 1. The Morgan fingerprint density at radius 2 is 2.10 bits per heavy atom. The Kier molecular flexibility index (Phi) is 1.80. The average molecular weight is 171 g/mol. The highest BCUT2D eigenvalue weighted by Gasteiger charge is 2.43. The molecular formula is C4H4F3NOS. The third-order valence-electron chi connectivity index (χ3n) is 1.05. The summed E-state index contributed by atoms with van der Waals surface area (Å²) in [6.45, 7) is 0. The van der Waals surface area contributed by atoms with Gasteiger partial charge in [-0.15, -0.1) is 24.9 Å². The van der Waals surface area contributed by atoms with Crippen LogP contribution in [0.15, 0.2) is 0 Å². The van der Waals surface area contributed by atoms with Gasteiger partial charge in [0.05, 0.1) is 11.6 Å². The fourth-order valence-corrected chi connectivity index (χ4v) is 1.48. The number of carbonyl (C=O) groups excluding carboxylic acids is 1. The van der Waals surface area contributed by atoms with Crippen LogP contribution in [0.4, 0.5) is 13.2 Å². The molecule has 0 aromatic rings. The lowest BCUT2D eigenvalue weighted by molar-refractivity contribution is -0.232. The number of alkyl halides is 3. The van der Waals surface area contributed by atoms with Crippen LogP contribution in [0, 0.1) is 0 Å². The normalized spacial score (nSPS) is 20.3. The molecule has 0 N–H and O–H groups in total. The molecule has 0 bridgehead atoms. The highest BCUT2D eigenvalue weighted by molar-refractivity contribution is 8.00. The van der Waals surface area contributed by atoms with Gasteiger partial charge in [-0.05, 0) is 0 Å². The molecule has 1 aliphatic rings. The molecule has 1 aliphatic heterocycles. The fraction of sp³-hybridized carbons (Fsp3) is 0.750. The predicted octanol–water partition coefficient (Wildman–Crippen LogP) is 1.04. The lowest BCUT2D eigenvalue weighted by atomic mass is 10.6. The maximum atomic E-state index is 11.7. The number of hydrogen-bond donors (Lipinski definition) is 0. The van der Waals surface area contributed by atoms with Gasteiger partial charge in [0.15, 0.2) is 0 Å². The van der Waals surface area contributed by atoms with E-state index < -0.39 is 12.2 Å². The van der Waals surface area contributed by atoms with Crippen LogP contribution in [0.5, 0.6) is 0 Å². The molecular weight excluding hydrogens is 167 g/mol. The van der Waals surface area contributed by atoms with Gasteiger partial charge in [0.25, 0.3) is 0 Å². The van der Waals surface area contributed by atoms with Crippen LogP contribution in [0.1, 0.15) is 0 Å². The van der Waals surface area contributed by atoms with E-state index in [0.29, 0.717) is 0 Å². The zero-order chi connectivity index (χ0) is 7.78. The second-order valence-electron chi connectivity index (χ2n) is 1.77. The quantitative estimate of drug-likeness (QED) is 0.507. The van der Waals surface area contributed by atoms with E-state index in [-0.39, 0.29) is 16.5 Å². The number of thioether (sulfide) groups is 1. The molecule has 1 saturated heterocycles. The second-order valence-corrected chi connectivity index (χ2v) is 2.72. The highest BCUT2D eigenvalue weighted by Crippen LogP contribution is 2.28. The minimum Gasteiger partial charge on any atom is -0.274 e. The highest BCUT2D eigenvalue weighted by atomic mass is 32.2. The lowest BCUT2D eigenvalue weighted by Crippen LogP contribution is -2.39. The van der Waals surface area contributed by atoms with Crippen LogP contribution in [0.2, 0.25) is 0 Å². The fourth-order valence-electron chi connectivity index (χ4n) is 0.589. The molecule has 0 radical (unpaired) electrons. The van der Waals surface area contributed by atoms with Gasteiger partial charge >= 0.3 is 6.30 Å². The van der Waals surface area contributed by atoms with Crippen molar-refractivity contribution in [2.24, 2.45) is 0 Å². The molecule has 58 valence electrons. The summed E-state index contributed by atoms with van der Waals surface area (Å²) in [5.74, 6) is -1.17. The Bertz CT molecular complexity index is 157. The molecule has 10 heavy (non-hydrogen) atoms. The van der Waals surface area contributed by atoms with Crippen molar-refractivity contribution in [2.45, 2.75) is 6.30 Å². The summed E-state index contributed by atoms with van der Waals surface area (Å²) in [5.41, 5.74) is 0. The van der Waals surface area contributed by atoms with Gasteiger partial charge in [0, 0.05) is 0 Å². The largest absolute Gasteiger partial charge is 0.487 e. The molecule has 0 unspecified atom stereocenters. The minimum absolute atomic E-state index is 0.0560. The topological polar surface area (TPSA) is 20.3 Å². The Balaban J connectivity index is 2.64.